The minimum Gasteiger partial charge on any atom is -0.479 e. The number of halogens is 1. The zero-order chi connectivity index (χ0) is 19.6. The number of rotatable bonds is 6. The highest BCUT2D eigenvalue weighted by atomic mass is 127. The average Bonchev–Trinajstić information content (AvgIpc) is 2.91. The van der Waals surface area contributed by atoms with Crippen LogP contribution in [0.5, 0.6) is 5.88 Å². The number of methoxy groups -OCH3 is 1. The Kier molecular flexibility index (Phi) is 6.21. The lowest BCUT2D eigenvalue weighted by Gasteiger charge is -2.13. The van der Waals surface area contributed by atoms with E-state index < -0.39 is 15.8 Å². The Morgan fingerprint density at radius 1 is 1.38 bits per heavy atom. The molecule has 2 aromatic heterocycles. The van der Waals surface area contributed by atoms with Crippen molar-refractivity contribution >= 4 is 38.4 Å². The first-order valence-corrected chi connectivity index (χ1v) is 10.7. The largest absolute Gasteiger partial charge is 0.479 e. The minimum atomic E-state index is -3.59. The summed E-state index contributed by atoms with van der Waals surface area (Å²) in [7, 11) is -2.22. The first kappa shape index (κ1) is 20.6. The van der Waals surface area contributed by atoms with Crippen molar-refractivity contribution in [2.75, 3.05) is 20.0 Å². The molecule has 2 rings (SSSR count). The van der Waals surface area contributed by atoms with Crippen LogP contribution >= 0.6 is 22.6 Å². The molecule has 0 unspecified atom stereocenters. The van der Waals surface area contributed by atoms with Gasteiger partial charge >= 0.3 is 5.97 Å². The molecular formula is C15H19IN4O5S. The molecule has 0 aliphatic rings. The maximum atomic E-state index is 12.2. The van der Waals surface area contributed by atoms with Gasteiger partial charge < -0.3 is 9.47 Å². The van der Waals surface area contributed by atoms with Gasteiger partial charge in [0.1, 0.15) is 5.69 Å². The van der Waals surface area contributed by atoms with Crippen LogP contribution < -0.4 is 4.74 Å². The molecule has 0 atom stereocenters. The monoisotopic (exact) mass is 494 g/mol. The van der Waals surface area contributed by atoms with E-state index in [1.54, 1.807) is 6.92 Å². The van der Waals surface area contributed by atoms with Crippen LogP contribution in [-0.4, -0.2) is 54.1 Å². The van der Waals surface area contributed by atoms with Crippen LogP contribution in [0.1, 0.15) is 42.9 Å². The van der Waals surface area contributed by atoms with Gasteiger partial charge in [-0.05, 0) is 35.4 Å². The summed E-state index contributed by atoms with van der Waals surface area (Å²) in [6.45, 7) is 5.84. The van der Waals surface area contributed by atoms with Gasteiger partial charge in [0.25, 0.3) is 0 Å². The van der Waals surface area contributed by atoms with Crippen LogP contribution in [0.2, 0.25) is 0 Å². The smallest absolute Gasteiger partial charge is 0.359 e. The highest BCUT2D eigenvalue weighted by Crippen LogP contribution is 2.30. The van der Waals surface area contributed by atoms with Gasteiger partial charge in [0, 0.05) is 6.26 Å². The van der Waals surface area contributed by atoms with Crippen molar-refractivity contribution in [3.8, 4) is 11.6 Å². The lowest BCUT2D eigenvalue weighted by atomic mass is 10.1. The van der Waals surface area contributed by atoms with E-state index >= 15 is 0 Å². The van der Waals surface area contributed by atoms with Gasteiger partial charge in [-0.25, -0.2) is 22.9 Å². The lowest BCUT2D eigenvalue weighted by Crippen LogP contribution is -2.12. The zero-order valence-corrected chi connectivity index (χ0v) is 18.0. The third-order valence-electron chi connectivity index (χ3n) is 3.34. The summed E-state index contributed by atoms with van der Waals surface area (Å²) >= 11 is 2.04. The number of esters is 1. The second kappa shape index (κ2) is 7.86. The van der Waals surface area contributed by atoms with Crippen LogP contribution in [0.25, 0.3) is 5.69 Å². The van der Waals surface area contributed by atoms with Crippen LogP contribution in [0.15, 0.2) is 11.4 Å². The first-order chi connectivity index (χ1) is 12.1. The maximum absolute atomic E-state index is 12.2. The number of aromatic nitrogens is 4. The Bertz CT molecular complexity index is 940. The van der Waals surface area contributed by atoms with Gasteiger partial charge in [0.2, 0.25) is 20.9 Å². The SMILES string of the molecule is CCOC(=O)c1nn(-c2cnc(S(C)(=O)=O)nc2OC)c(C(C)C)c1I. The van der Waals surface area contributed by atoms with Crippen LogP contribution in [0.3, 0.4) is 0 Å². The molecule has 0 bridgehead atoms. The summed E-state index contributed by atoms with van der Waals surface area (Å²) in [5.41, 5.74) is 1.24. The van der Waals surface area contributed by atoms with Gasteiger partial charge in [-0.2, -0.15) is 10.1 Å². The van der Waals surface area contributed by atoms with E-state index in [9.17, 15) is 13.2 Å². The van der Waals surface area contributed by atoms with Crippen molar-refractivity contribution in [3.05, 3.63) is 21.2 Å². The number of carbonyl (C=O) groups excluding carboxylic acids is 1. The summed E-state index contributed by atoms with van der Waals surface area (Å²) in [6, 6.07) is 0. The van der Waals surface area contributed by atoms with Crippen LogP contribution in [0.4, 0.5) is 0 Å². The Balaban J connectivity index is 2.71. The second-order valence-corrected chi connectivity index (χ2v) is 8.64. The number of nitrogens with zero attached hydrogens (tertiary/aromatic N) is 4. The van der Waals surface area contributed by atoms with Crippen LogP contribution in [-0.2, 0) is 14.6 Å². The quantitative estimate of drug-likeness (QED) is 0.341. The molecule has 0 aliphatic heterocycles. The van der Waals surface area contributed by atoms with Crippen molar-refractivity contribution in [1.29, 1.82) is 0 Å². The summed E-state index contributed by atoms with van der Waals surface area (Å²) in [5.74, 6) is -0.487. The Morgan fingerprint density at radius 3 is 2.54 bits per heavy atom. The average molecular weight is 494 g/mol. The van der Waals surface area contributed by atoms with E-state index in [2.05, 4.69) is 15.1 Å². The molecule has 11 heteroatoms. The minimum absolute atomic E-state index is 0.0110. The molecule has 142 valence electrons. The number of sulfone groups is 1. The van der Waals surface area contributed by atoms with Crippen molar-refractivity contribution in [1.82, 2.24) is 19.7 Å². The van der Waals surface area contributed by atoms with Gasteiger partial charge in [0.15, 0.2) is 5.69 Å². The molecule has 0 saturated carbocycles. The molecule has 2 heterocycles. The predicted octanol–water partition coefficient (Wildman–Crippen LogP) is 1.98. The second-order valence-electron chi connectivity index (χ2n) is 5.65. The zero-order valence-electron chi connectivity index (χ0n) is 15.0. The third-order valence-corrected chi connectivity index (χ3v) is 5.27. The molecule has 26 heavy (non-hydrogen) atoms. The molecule has 0 amide bonds. The van der Waals surface area contributed by atoms with Gasteiger partial charge in [-0.3, -0.25) is 0 Å². The summed E-state index contributed by atoms with van der Waals surface area (Å²) in [5, 5.41) is 4.00. The normalized spacial score (nSPS) is 11.7. The fraction of sp³-hybridized carbons (Fsp3) is 0.467. The number of ether oxygens (including phenoxy) is 2. The van der Waals surface area contributed by atoms with E-state index in [0.717, 1.165) is 11.9 Å². The van der Waals surface area contributed by atoms with Gasteiger partial charge in [0.05, 0.1) is 29.2 Å². The number of hydrogen-bond acceptors (Lipinski definition) is 8. The van der Waals surface area contributed by atoms with Crippen molar-refractivity contribution in [3.63, 3.8) is 0 Å². The fourth-order valence-electron chi connectivity index (χ4n) is 2.24. The molecule has 9 nitrogen and oxygen atoms in total. The Labute approximate surface area is 165 Å². The van der Waals surface area contributed by atoms with Crippen molar-refractivity contribution < 1.29 is 22.7 Å². The highest BCUT2D eigenvalue weighted by molar-refractivity contribution is 14.1. The summed E-state index contributed by atoms with van der Waals surface area (Å²) in [4.78, 5) is 20.0. The Morgan fingerprint density at radius 2 is 2.04 bits per heavy atom. The fourth-order valence-corrected chi connectivity index (χ4v) is 3.91. The Hall–Kier alpha value is -1.76. The van der Waals surface area contributed by atoms with Crippen molar-refractivity contribution in [2.45, 2.75) is 31.8 Å². The summed E-state index contributed by atoms with van der Waals surface area (Å²) < 4.78 is 35.8. The molecule has 0 radical (unpaired) electrons. The summed E-state index contributed by atoms with van der Waals surface area (Å²) in [6.07, 6.45) is 2.32. The van der Waals surface area contributed by atoms with E-state index in [1.807, 2.05) is 36.4 Å². The van der Waals surface area contributed by atoms with E-state index in [-0.39, 0.29) is 29.3 Å². The van der Waals surface area contributed by atoms with Gasteiger partial charge in [-0.1, -0.05) is 13.8 Å². The van der Waals surface area contributed by atoms with Crippen molar-refractivity contribution in [2.24, 2.45) is 0 Å². The molecule has 2 aromatic rings. The molecule has 0 spiro atoms. The topological polar surface area (TPSA) is 113 Å². The number of hydrogen-bond donors (Lipinski definition) is 0. The standard InChI is InChI=1S/C15H19IN4O5S/c1-6-25-14(21)11-10(16)12(8(2)3)20(19-11)9-7-17-15(26(5,22)23)18-13(9)24-4/h7-8H,6H2,1-5H3. The molecular weight excluding hydrogens is 475 g/mol. The molecule has 0 fully saturated rings. The molecule has 0 saturated heterocycles. The van der Waals surface area contributed by atoms with E-state index in [1.165, 1.54) is 18.0 Å². The van der Waals surface area contributed by atoms with E-state index in [4.69, 9.17) is 9.47 Å². The highest BCUT2D eigenvalue weighted by Gasteiger charge is 2.27. The van der Waals surface area contributed by atoms with Gasteiger partial charge in [-0.15, -0.1) is 0 Å². The van der Waals surface area contributed by atoms with E-state index in [0.29, 0.717) is 9.26 Å². The predicted molar refractivity (Wildman–Crippen MR) is 102 cm³/mol. The maximum Gasteiger partial charge on any atom is 0.359 e. The number of carbonyl (C=O) groups is 1. The molecule has 0 N–H and O–H groups in total. The lowest BCUT2D eigenvalue weighted by molar-refractivity contribution is 0.0517. The third kappa shape index (κ3) is 3.98. The molecule has 0 aliphatic carbocycles. The molecule has 0 aromatic carbocycles. The first-order valence-electron chi connectivity index (χ1n) is 7.68. The van der Waals surface area contributed by atoms with Crippen LogP contribution in [0, 0.1) is 3.57 Å².